The van der Waals surface area contributed by atoms with Crippen LogP contribution in [0.3, 0.4) is 0 Å². The first-order valence-electron chi connectivity index (χ1n) is 10.4. The zero-order valence-corrected chi connectivity index (χ0v) is 19.7. The zero-order valence-electron chi connectivity index (χ0n) is 18.1. The number of rotatable bonds is 9. The summed E-state index contributed by atoms with van der Waals surface area (Å²) in [5, 5.41) is 0. The molecule has 1 aromatic heterocycles. The van der Waals surface area contributed by atoms with E-state index in [1.54, 1.807) is 24.1 Å². The maximum atomic E-state index is 12.7. The van der Waals surface area contributed by atoms with E-state index in [-0.39, 0.29) is 18.2 Å². The van der Waals surface area contributed by atoms with E-state index < -0.39 is 5.91 Å². The van der Waals surface area contributed by atoms with E-state index in [9.17, 15) is 14.4 Å². The number of benzene rings is 1. The Morgan fingerprint density at radius 2 is 1.82 bits per heavy atom. The number of amides is 3. The fourth-order valence-corrected chi connectivity index (χ4v) is 4.35. The van der Waals surface area contributed by atoms with E-state index in [0.29, 0.717) is 27.8 Å². The van der Waals surface area contributed by atoms with Crippen LogP contribution in [-0.2, 0) is 9.59 Å². The molecule has 0 spiro atoms. The predicted octanol–water partition coefficient (Wildman–Crippen LogP) is 3.31. The van der Waals surface area contributed by atoms with Gasteiger partial charge in [0.2, 0.25) is 5.91 Å². The summed E-state index contributed by atoms with van der Waals surface area (Å²) < 4.78 is 5.69. The van der Waals surface area contributed by atoms with Gasteiger partial charge in [-0.1, -0.05) is 42.5 Å². The number of hydrogen-bond acceptors (Lipinski definition) is 7. The molecule has 0 saturated carbocycles. The summed E-state index contributed by atoms with van der Waals surface area (Å²) in [6.07, 6.45) is 7.20. The van der Waals surface area contributed by atoms with Crippen LogP contribution in [0, 0.1) is 0 Å². The molecule has 2 aromatic rings. The molecule has 3 rings (SSSR count). The van der Waals surface area contributed by atoms with Gasteiger partial charge in [-0.25, -0.2) is 0 Å². The van der Waals surface area contributed by atoms with Crippen molar-refractivity contribution >= 4 is 52.1 Å². The summed E-state index contributed by atoms with van der Waals surface area (Å²) in [4.78, 5) is 42.5. The second-order valence-electron chi connectivity index (χ2n) is 7.16. The quantitative estimate of drug-likeness (QED) is 0.244. The molecule has 1 aromatic carbocycles. The minimum absolute atomic E-state index is 0.0996. The number of pyridine rings is 1. The number of nitrogens with one attached hydrogen (secondary N) is 2. The number of hydrazine groups is 1. The fourth-order valence-electron chi connectivity index (χ4n) is 3.04. The van der Waals surface area contributed by atoms with Crippen molar-refractivity contribution in [1.82, 2.24) is 20.7 Å². The molecule has 0 atom stereocenters. The van der Waals surface area contributed by atoms with Gasteiger partial charge in [-0.2, -0.15) is 0 Å². The Balaban J connectivity index is 1.36. The summed E-state index contributed by atoms with van der Waals surface area (Å²) in [5.74, 6) is -0.0184. The number of unbranched alkanes of at least 4 members (excludes halogenated alkanes) is 2. The van der Waals surface area contributed by atoms with Gasteiger partial charge < -0.3 is 4.74 Å². The molecule has 8 nitrogen and oxygen atoms in total. The first-order chi connectivity index (χ1) is 16.0. The lowest BCUT2D eigenvalue weighted by molar-refractivity contribution is -0.123. The second kappa shape index (κ2) is 12.1. The van der Waals surface area contributed by atoms with Gasteiger partial charge in [0, 0.05) is 30.9 Å². The Hall–Kier alpha value is -3.24. The van der Waals surface area contributed by atoms with Crippen molar-refractivity contribution in [2.45, 2.75) is 25.7 Å². The van der Waals surface area contributed by atoms with Crippen molar-refractivity contribution < 1.29 is 19.1 Å². The van der Waals surface area contributed by atoms with Crippen molar-refractivity contribution in [1.29, 1.82) is 0 Å². The van der Waals surface area contributed by atoms with Gasteiger partial charge in [0.05, 0.1) is 12.0 Å². The third-order valence-electron chi connectivity index (χ3n) is 4.83. The second-order valence-corrected chi connectivity index (χ2v) is 8.83. The van der Waals surface area contributed by atoms with Crippen molar-refractivity contribution in [2.75, 3.05) is 13.7 Å². The number of methoxy groups -OCH3 is 1. The SMILES string of the molecule is COc1ccc(C=C2SC(=S)N(CCCCCC(=O)NNC(=O)c3ccncc3)C2=O)cc1. The highest BCUT2D eigenvalue weighted by atomic mass is 32.2. The number of carbonyl (C=O) groups excluding carboxylic acids is 3. The van der Waals surface area contributed by atoms with E-state index in [0.717, 1.165) is 24.2 Å². The first-order valence-corrected chi connectivity index (χ1v) is 11.6. The molecule has 1 saturated heterocycles. The van der Waals surface area contributed by atoms with Crippen LogP contribution in [0.4, 0.5) is 0 Å². The van der Waals surface area contributed by atoms with E-state index >= 15 is 0 Å². The van der Waals surface area contributed by atoms with Crippen LogP contribution in [0.2, 0.25) is 0 Å². The summed E-state index contributed by atoms with van der Waals surface area (Å²) in [7, 11) is 1.61. The largest absolute Gasteiger partial charge is 0.497 e. The number of carbonyl (C=O) groups is 3. The Morgan fingerprint density at radius 1 is 1.09 bits per heavy atom. The zero-order chi connectivity index (χ0) is 23.6. The van der Waals surface area contributed by atoms with E-state index in [4.69, 9.17) is 17.0 Å². The highest BCUT2D eigenvalue weighted by Gasteiger charge is 2.31. The Morgan fingerprint density at radius 3 is 2.52 bits per heavy atom. The Labute approximate surface area is 201 Å². The van der Waals surface area contributed by atoms with Crippen molar-refractivity contribution in [3.8, 4) is 5.75 Å². The van der Waals surface area contributed by atoms with Gasteiger partial charge >= 0.3 is 0 Å². The first kappa shape index (κ1) is 24.4. The van der Waals surface area contributed by atoms with E-state index in [1.807, 2.05) is 30.3 Å². The molecule has 0 bridgehead atoms. The van der Waals surface area contributed by atoms with Gasteiger partial charge in [0.15, 0.2) is 0 Å². The predicted molar refractivity (Wildman–Crippen MR) is 131 cm³/mol. The summed E-state index contributed by atoms with van der Waals surface area (Å²) in [6, 6.07) is 10.6. The molecule has 33 heavy (non-hydrogen) atoms. The number of thiocarbonyl (C=S) groups is 1. The van der Waals surface area contributed by atoms with Gasteiger partial charge in [-0.05, 0) is 48.7 Å². The van der Waals surface area contributed by atoms with Crippen molar-refractivity contribution in [2.24, 2.45) is 0 Å². The van der Waals surface area contributed by atoms with E-state index in [1.165, 1.54) is 24.2 Å². The molecule has 2 heterocycles. The lowest BCUT2D eigenvalue weighted by Crippen LogP contribution is -2.41. The molecule has 1 aliphatic heterocycles. The molecule has 0 unspecified atom stereocenters. The number of hydrogen-bond donors (Lipinski definition) is 2. The van der Waals surface area contributed by atoms with E-state index in [2.05, 4.69) is 15.8 Å². The van der Waals surface area contributed by atoms with Crippen LogP contribution in [0.5, 0.6) is 5.75 Å². The summed E-state index contributed by atoms with van der Waals surface area (Å²) >= 11 is 6.66. The van der Waals surface area contributed by atoms with Crippen LogP contribution in [0.25, 0.3) is 6.08 Å². The summed E-state index contributed by atoms with van der Waals surface area (Å²) in [5.41, 5.74) is 6.09. The minimum atomic E-state index is -0.400. The van der Waals surface area contributed by atoms with Crippen molar-refractivity contribution in [3.63, 3.8) is 0 Å². The lowest BCUT2D eigenvalue weighted by Gasteiger charge is -2.14. The third-order valence-corrected chi connectivity index (χ3v) is 6.21. The smallest absolute Gasteiger partial charge is 0.269 e. The minimum Gasteiger partial charge on any atom is -0.497 e. The highest BCUT2D eigenvalue weighted by molar-refractivity contribution is 8.26. The topological polar surface area (TPSA) is 101 Å². The average molecular weight is 485 g/mol. The lowest BCUT2D eigenvalue weighted by atomic mass is 10.1. The average Bonchev–Trinajstić information content (AvgIpc) is 3.10. The summed E-state index contributed by atoms with van der Waals surface area (Å²) in [6.45, 7) is 0.505. The molecule has 3 amide bonds. The van der Waals surface area contributed by atoms with Crippen LogP contribution in [0.1, 0.15) is 41.6 Å². The van der Waals surface area contributed by atoms with Gasteiger partial charge in [0.1, 0.15) is 10.1 Å². The van der Waals surface area contributed by atoms with Gasteiger partial charge in [-0.3, -0.25) is 35.1 Å². The molecule has 0 aliphatic carbocycles. The molecule has 10 heteroatoms. The normalized spacial score (nSPS) is 14.5. The monoisotopic (exact) mass is 484 g/mol. The molecule has 172 valence electrons. The number of nitrogens with zero attached hydrogens (tertiary/aromatic N) is 2. The molecule has 1 aliphatic rings. The maximum absolute atomic E-state index is 12.7. The molecular formula is C23H24N4O4S2. The molecule has 2 N–H and O–H groups in total. The van der Waals surface area contributed by atoms with Crippen LogP contribution in [0.15, 0.2) is 53.7 Å². The van der Waals surface area contributed by atoms with Crippen LogP contribution < -0.4 is 15.6 Å². The Bertz CT molecular complexity index is 1040. The third kappa shape index (κ3) is 7.13. The van der Waals surface area contributed by atoms with Gasteiger partial charge in [0.25, 0.3) is 11.8 Å². The number of thioether (sulfide) groups is 1. The molecule has 0 radical (unpaired) electrons. The van der Waals surface area contributed by atoms with Crippen molar-refractivity contribution in [3.05, 3.63) is 64.8 Å². The molecule has 1 fully saturated rings. The Kier molecular flexibility index (Phi) is 8.96. The standard InChI is InChI=1S/C23H24N4O4S2/c1-31-18-8-6-16(7-9-18)15-19-22(30)27(23(32)33-19)14-4-2-3-5-20(28)25-26-21(29)17-10-12-24-13-11-17/h6-13,15H,2-5,14H2,1H3,(H,25,28)(H,26,29). The maximum Gasteiger partial charge on any atom is 0.269 e. The van der Waals surface area contributed by atoms with Crippen LogP contribution in [-0.4, -0.2) is 45.6 Å². The number of aromatic nitrogens is 1. The molecular weight excluding hydrogens is 460 g/mol. The van der Waals surface area contributed by atoms with Crippen LogP contribution >= 0.6 is 24.0 Å². The highest BCUT2D eigenvalue weighted by Crippen LogP contribution is 2.33. The fraction of sp³-hybridized carbons (Fsp3) is 0.261. The number of ether oxygens (including phenoxy) is 1. The van der Waals surface area contributed by atoms with Gasteiger partial charge in [-0.15, -0.1) is 0 Å².